The normalized spacial score (nSPS) is 10.5. The van der Waals surface area contributed by atoms with E-state index in [2.05, 4.69) is 10.3 Å². The van der Waals surface area contributed by atoms with Gasteiger partial charge in [0.25, 0.3) is 5.91 Å². The van der Waals surface area contributed by atoms with Crippen molar-refractivity contribution in [2.45, 2.75) is 39.2 Å². The zero-order valence-electron chi connectivity index (χ0n) is 14.5. The van der Waals surface area contributed by atoms with Crippen molar-refractivity contribution in [3.63, 3.8) is 0 Å². The summed E-state index contributed by atoms with van der Waals surface area (Å²) in [6, 6.07) is 5.71. The summed E-state index contributed by atoms with van der Waals surface area (Å²) in [5.74, 6) is -0.785. The zero-order chi connectivity index (χ0) is 18.9. The minimum Gasteiger partial charge on any atom is -0.486 e. The summed E-state index contributed by atoms with van der Waals surface area (Å²) in [6.45, 7) is 2.47. The van der Waals surface area contributed by atoms with E-state index >= 15 is 0 Å². The number of amides is 1. The van der Waals surface area contributed by atoms with E-state index in [0.717, 1.165) is 12.8 Å². The number of carboxylic acid groups (broad SMARTS) is 1. The molecule has 1 amide bonds. The van der Waals surface area contributed by atoms with Gasteiger partial charge in [0.05, 0.1) is 5.69 Å². The molecule has 0 unspecified atom stereocenters. The molecule has 2 rings (SSSR count). The van der Waals surface area contributed by atoms with Crippen LogP contribution in [-0.2, 0) is 11.4 Å². The average molecular weight is 380 g/mol. The zero-order valence-corrected chi connectivity index (χ0v) is 15.3. The van der Waals surface area contributed by atoms with Gasteiger partial charge in [0.2, 0.25) is 0 Å². The number of aromatic nitrogens is 1. The molecule has 2 aromatic rings. The van der Waals surface area contributed by atoms with Gasteiger partial charge in [-0.25, -0.2) is 9.37 Å². The molecule has 0 fully saturated rings. The maximum absolute atomic E-state index is 12.9. The standard InChI is InChI=1S/C18H21FN2O4S/c1-12-17(18(24)20-10-4-2-3-5-16(22)23)26-15(21-12)11-25-14-8-6-13(19)7-9-14/h6-9H,2-5,10-11H2,1H3,(H,20,24)(H,22,23). The van der Waals surface area contributed by atoms with E-state index in [9.17, 15) is 14.0 Å². The van der Waals surface area contributed by atoms with Crippen LogP contribution >= 0.6 is 11.3 Å². The molecule has 140 valence electrons. The Balaban J connectivity index is 1.78. The molecular formula is C18H21FN2O4S. The molecule has 0 saturated heterocycles. The molecule has 1 aromatic heterocycles. The third kappa shape index (κ3) is 6.44. The van der Waals surface area contributed by atoms with E-state index < -0.39 is 5.97 Å². The lowest BCUT2D eigenvalue weighted by Crippen LogP contribution is -2.24. The Kier molecular flexibility index (Phi) is 7.53. The summed E-state index contributed by atoms with van der Waals surface area (Å²) in [5.41, 5.74) is 0.635. The molecule has 1 aromatic carbocycles. The third-order valence-corrected chi connectivity index (χ3v) is 4.71. The SMILES string of the molecule is Cc1nc(COc2ccc(F)cc2)sc1C(=O)NCCCCCC(=O)O. The Bertz CT molecular complexity index is 746. The Morgan fingerprint density at radius 3 is 2.65 bits per heavy atom. The molecule has 0 atom stereocenters. The van der Waals surface area contributed by atoms with Gasteiger partial charge in [-0.15, -0.1) is 11.3 Å². The van der Waals surface area contributed by atoms with Crippen LogP contribution in [0.4, 0.5) is 4.39 Å². The maximum Gasteiger partial charge on any atom is 0.303 e. The number of unbranched alkanes of at least 4 members (excludes halogenated alkanes) is 2. The van der Waals surface area contributed by atoms with Gasteiger partial charge < -0.3 is 15.2 Å². The number of nitrogens with one attached hydrogen (secondary N) is 1. The number of carbonyl (C=O) groups excluding carboxylic acids is 1. The van der Waals surface area contributed by atoms with E-state index in [1.807, 2.05) is 0 Å². The Morgan fingerprint density at radius 2 is 1.96 bits per heavy atom. The lowest BCUT2D eigenvalue weighted by Gasteiger charge is -2.04. The fourth-order valence-electron chi connectivity index (χ4n) is 2.26. The Labute approximate surface area is 155 Å². The predicted molar refractivity (Wildman–Crippen MR) is 96.0 cm³/mol. The predicted octanol–water partition coefficient (Wildman–Crippen LogP) is 3.54. The summed E-state index contributed by atoms with van der Waals surface area (Å²) < 4.78 is 18.4. The monoisotopic (exact) mass is 380 g/mol. The number of ether oxygens (including phenoxy) is 1. The number of hydrogen-bond donors (Lipinski definition) is 2. The number of halogens is 1. The first-order valence-electron chi connectivity index (χ1n) is 8.30. The molecule has 6 nitrogen and oxygen atoms in total. The quantitative estimate of drug-likeness (QED) is 0.616. The van der Waals surface area contributed by atoms with E-state index in [1.165, 1.54) is 35.6 Å². The minimum atomic E-state index is -0.801. The van der Waals surface area contributed by atoms with Crippen LogP contribution in [0.3, 0.4) is 0 Å². The van der Waals surface area contributed by atoms with Gasteiger partial charge in [0.1, 0.15) is 28.1 Å². The highest BCUT2D eigenvalue weighted by Gasteiger charge is 2.15. The Hall–Kier alpha value is -2.48. The summed E-state index contributed by atoms with van der Waals surface area (Å²) in [4.78, 5) is 27.5. The van der Waals surface area contributed by atoms with Gasteiger partial charge >= 0.3 is 5.97 Å². The highest BCUT2D eigenvalue weighted by molar-refractivity contribution is 7.13. The fraction of sp³-hybridized carbons (Fsp3) is 0.389. The van der Waals surface area contributed by atoms with Crippen LogP contribution in [0.1, 0.15) is 46.1 Å². The van der Waals surface area contributed by atoms with E-state index in [0.29, 0.717) is 34.3 Å². The third-order valence-electron chi connectivity index (χ3n) is 3.58. The van der Waals surface area contributed by atoms with Gasteiger partial charge in [0, 0.05) is 13.0 Å². The summed E-state index contributed by atoms with van der Waals surface area (Å²) >= 11 is 1.26. The van der Waals surface area contributed by atoms with Crippen LogP contribution in [0, 0.1) is 12.7 Å². The highest BCUT2D eigenvalue weighted by Crippen LogP contribution is 2.20. The number of aryl methyl sites for hydroxylation is 1. The molecule has 1 heterocycles. The van der Waals surface area contributed by atoms with Gasteiger partial charge in [-0.3, -0.25) is 9.59 Å². The topological polar surface area (TPSA) is 88.5 Å². The van der Waals surface area contributed by atoms with Crippen molar-refractivity contribution in [1.82, 2.24) is 10.3 Å². The van der Waals surface area contributed by atoms with Crippen LogP contribution in [0.15, 0.2) is 24.3 Å². The minimum absolute atomic E-state index is 0.152. The molecule has 2 N–H and O–H groups in total. The first-order valence-corrected chi connectivity index (χ1v) is 9.12. The molecule has 0 spiro atoms. The summed E-state index contributed by atoms with van der Waals surface area (Å²) in [5, 5.41) is 12.1. The largest absolute Gasteiger partial charge is 0.486 e. The Morgan fingerprint density at radius 1 is 1.23 bits per heavy atom. The number of thiazole rings is 1. The maximum atomic E-state index is 12.9. The van der Waals surface area contributed by atoms with Gasteiger partial charge in [0.15, 0.2) is 0 Å². The molecule has 0 radical (unpaired) electrons. The lowest BCUT2D eigenvalue weighted by atomic mass is 10.2. The van der Waals surface area contributed by atoms with Crippen molar-refractivity contribution in [3.05, 3.63) is 45.7 Å². The molecular weight excluding hydrogens is 359 g/mol. The van der Waals surface area contributed by atoms with Crippen molar-refractivity contribution < 1.29 is 23.8 Å². The average Bonchev–Trinajstić information content (AvgIpc) is 2.98. The van der Waals surface area contributed by atoms with Gasteiger partial charge in [-0.1, -0.05) is 6.42 Å². The number of hydrogen-bond acceptors (Lipinski definition) is 5. The second-order valence-electron chi connectivity index (χ2n) is 5.73. The van der Waals surface area contributed by atoms with Crippen molar-refractivity contribution in [2.24, 2.45) is 0 Å². The van der Waals surface area contributed by atoms with Crippen LogP contribution in [0.25, 0.3) is 0 Å². The molecule has 0 aliphatic heterocycles. The molecule has 0 bridgehead atoms. The number of carbonyl (C=O) groups is 2. The first-order chi connectivity index (χ1) is 12.5. The molecule has 0 saturated carbocycles. The lowest BCUT2D eigenvalue weighted by molar-refractivity contribution is -0.137. The fourth-order valence-corrected chi connectivity index (χ4v) is 3.16. The second-order valence-corrected chi connectivity index (χ2v) is 6.81. The molecule has 0 aliphatic rings. The number of nitrogens with zero attached hydrogens (tertiary/aromatic N) is 1. The van der Waals surface area contributed by atoms with E-state index in [-0.39, 0.29) is 24.8 Å². The summed E-state index contributed by atoms with van der Waals surface area (Å²) in [6.07, 6.45) is 2.25. The van der Waals surface area contributed by atoms with Crippen molar-refractivity contribution in [1.29, 1.82) is 0 Å². The van der Waals surface area contributed by atoms with Crippen LogP contribution < -0.4 is 10.1 Å². The molecule has 26 heavy (non-hydrogen) atoms. The second kappa shape index (κ2) is 9.86. The molecule has 0 aliphatic carbocycles. The van der Waals surface area contributed by atoms with Crippen molar-refractivity contribution >= 4 is 23.2 Å². The van der Waals surface area contributed by atoms with Gasteiger partial charge in [-0.2, -0.15) is 0 Å². The number of carboxylic acids is 1. The van der Waals surface area contributed by atoms with Crippen LogP contribution in [-0.4, -0.2) is 28.5 Å². The van der Waals surface area contributed by atoms with Gasteiger partial charge in [-0.05, 0) is 44.0 Å². The smallest absolute Gasteiger partial charge is 0.303 e. The van der Waals surface area contributed by atoms with Crippen LogP contribution in [0.5, 0.6) is 5.75 Å². The number of rotatable bonds is 10. The van der Waals surface area contributed by atoms with Crippen molar-refractivity contribution in [3.8, 4) is 5.75 Å². The number of aliphatic carboxylic acids is 1. The van der Waals surface area contributed by atoms with E-state index in [1.54, 1.807) is 6.92 Å². The first kappa shape index (κ1) is 19.8. The van der Waals surface area contributed by atoms with Crippen molar-refractivity contribution in [2.75, 3.05) is 6.54 Å². The highest BCUT2D eigenvalue weighted by atomic mass is 32.1. The molecule has 8 heteroatoms. The summed E-state index contributed by atoms with van der Waals surface area (Å²) in [7, 11) is 0. The van der Waals surface area contributed by atoms with E-state index in [4.69, 9.17) is 9.84 Å². The van der Waals surface area contributed by atoms with Crippen LogP contribution in [0.2, 0.25) is 0 Å². The number of benzene rings is 1.